The molecule has 5 aromatic rings. The second-order valence-electron chi connectivity index (χ2n) is 8.35. The topological polar surface area (TPSA) is 87.4 Å². The fourth-order valence-corrected chi connectivity index (χ4v) is 3.96. The van der Waals surface area contributed by atoms with Gasteiger partial charge in [-0.3, -0.25) is 5.32 Å². The molecule has 184 valence electrons. The number of hydrogen-bond acceptors (Lipinski definition) is 5. The highest BCUT2D eigenvalue weighted by molar-refractivity contribution is 5.99. The van der Waals surface area contributed by atoms with Crippen molar-refractivity contribution in [3.8, 4) is 28.4 Å². The van der Waals surface area contributed by atoms with Gasteiger partial charge in [-0.1, -0.05) is 54.6 Å². The largest absolute Gasteiger partial charge is 0.423 e. The van der Waals surface area contributed by atoms with E-state index in [1.165, 1.54) is 0 Å². The number of amides is 1. The number of nitrogens with zero attached hydrogens (tertiary/aromatic N) is 3. The van der Waals surface area contributed by atoms with Gasteiger partial charge in [-0.2, -0.15) is 5.10 Å². The second-order valence-corrected chi connectivity index (χ2v) is 8.35. The molecule has 0 aliphatic carbocycles. The average Bonchev–Trinajstić information content (AvgIpc) is 3.45. The highest BCUT2D eigenvalue weighted by atomic mass is 16.6. The molecule has 2 heterocycles. The van der Waals surface area contributed by atoms with Crippen LogP contribution in [0.2, 0.25) is 0 Å². The lowest BCUT2D eigenvalue weighted by molar-refractivity contribution is 0.0735. The number of carbonyl (C=O) groups is 2. The van der Waals surface area contributed by atoms with Gasteiger partial charge in [0.1, 0.15) is 23.0 Å². The minimum absolute atomic E-state index is 0.352. The van der Waals surface area contributed by atoms with Crippen LogP contribution in [0.15, 0.2) is 103 Å². The zero-order chi connectivity index (χ0) is 25.8. The van der Waals surface area contributed by atoms with Gasteiger partial charge in [0.15, 0.2) is 0 Å². The molecule has 8 heteroatoms. The highest BCUT2D eigenvalue weighted by Gasteiger charge is 2.25. The Labute approximate surface area is 213 Å². The molecule has 0 bridgehead atoms. The van der Waals surface area contributed by atoms with E-state index in [-0.39, 0.29) is 0 Å². The molecule has 3 aromatic carbocycles. The Bertz CT molecular complexity index is 1540. The Morgan fingerprint density at radius 2 is 1.35 bits per heavy atom. The molecule has 0 spiro atoms. The second kappa shape index (κ2) is 10.2. The number of nitrogens with one attached hydrogen (secondary N) is 1. The van der Waals surface area contributed by atoms with Crippen molar-refractivity contribution in [3.63, 3.8) is 0 Å². The molecule has 8 nitrogen and oxygen atoms in total. The number of benzene rings is 3. The molecule has 2 aromatic heterocycles. The third-order valence-corrected chi connectivity index (χ3v) is 5.68. The number of hydrogen-bond donors (Lipinski definition) is 1. The van der Waals surface area contributed by atoms with E-state index in [1.807, 2.05) is 56.4 Å². The van der Waals surface area contributed by atoms with Gasteiger partial charge in [-0.25, -0.2) is 14.3 Å². The van der Waals surface area contributed by atoms with Crippen LogP contribution in [-0.4, -0.2) is 26.4 Å². The van der Waals surface area contributed by atoms with E-state index >= 15 is 0 Å². The van der Waals surface area contributed by atoms with Crippen LogP contribution in [0.1, 0.15) is 15.9 Å². The lowest BCUT2D eigenvalue weighted by Crippen LogP contribution is -2.19. The summed E-state index contributed by atoms with van der Waals surface area (Å²) in [6.45, 7) is 1.83. The average molecular weight is 493 g/mol. The van der Waals surface area contributed by atoms with Crippen LogP contribution in [-0.2, 0) is 7.05 Å². The molecule has 0 fully saturated rings. The first-order chi connectivity index (χ1) is 18.0. The fourth-order valence-electron chi connectivity index (χ4n) is 3.96. The van der Waals surface area contributed by atoms with Crippen LogP contribution in [0.25, 0.3) is 16.9 Å². The SMILES string of the molecule is Cc1c(-c2cn(C)cc2C(=O)Oc2ccccc2)nn(-c2ccccc2)c1NC(=O)Oc1ccccc1. The van der Waals surface area contributed by atoms with Crippen LogP contribution in [0.3, 0.4) is 0 Å². The van der Waals surface area contributed by atoms with Crippen LogP contribution < -0.4 is 14.8 Å². The van der Waals surface area contributed by atoms with E-state index < -0.39 is 12.1 Å². The summed E-state index contributed by atoms with van der Waals surface area (Å²) in [6, 6.07) is 27.1. The van der Waals surface area contributed by atoms with Crippen LogP contribution >= 0.6 is 0 Å². The van der Waals surface area contributed by atoms with Crippen LogP contribution in [0, 0.1) is 6.92 Å². The van der Waals surface area contributed by atoms with Crippen LogP contribution in [0.4, 0.5) is 10.6 Å². The van der Waals surface area contributed by atoms with Crippen molar-refractivity contribution in [2.24, 2.45) is 7.05 Å². The number of ether oxygens (including phenoxy) is 2. The van der Waals surface area contributed by atoms with Crippen LogP contribution in [0.5, 0.6) is 11.5 Å². The summed E-state index contributed by atoms with van der Waals surface area (Å²) < 4.78 is 14.4. The number of aromatic nitrogens is 3. The minimum Gasteiger partial charge on any atom is -0.423 e. The first-order valence-electron chi connectivity index (χ1n) is 11.6. The van der Waals surface area contributed by atoms with Crippen molar-refractivity contribution in [2.75, 3.05) is 5.32 Å². The van der Waals surface area contributed by atoms with Crippen molar-refractivity contribution in [1.29, 1.82) is 0 Å². The number of anilines is 1. The maximum Gasteiger partial charge on any atom is 0.418 e. The van der Waals surface area contributed by atoms with Gasteiger partial charge in [0.05, 0.1) is 11.3 Å². The summed E-state index contributed by atoms with van der Waals surface area (Å²) in [6.07, 6.45) is 2.84. The Balaban J connectivity index is 1.54. The summed E-state index contributed by atoms with van der Waals surface area (Å²) in [5.74, 6) is 0.777. The van der Waals surface area contributed by atoms with Gasteiger partial charge in [-0.05, 0) is 43.3 Å². The van der Waals surface area contributed by atoms with Gasteiger partial charge < -0.3 is 14.0 Å². The maximum atomic E-state index is 13.1. The van der Waals surface area contributed by atoms with Gasteiger partial charge in [0.2, 0.25) is 0 Å². The van der Waals surface area contributed by atoms with Crippen molar-refractivity contribution in [3.05, 3.63) is 115 Å². The van der Waals surface area contributed by atoms with Crippen molar-refractivity contribution >= 4 is 17.9 Å². The van der Waals surface area contributed by atoms with Gasteiger partial charge in [0.25, 0.3) is 0 Å². The molecule has 0 saturated carbocycles. The molecular weight excluding hydrogens is 468 g/mol. The van der Waals surface area contributed by atoms with E-state index in [2.05, 4.69) is 5.32 Å². The van der Waals surface area contributed by atoms with Crippen molar-refractivity contribution in [2.45, 2.75) is 6.92 Å². The monoisotopic (exact) mass is 492 g/mol. The third kappa shape index (κ3) is 5.13. The van der Waals surface area contributed by atoms with Gasteiger partial charge in [0, 0.05) is 30.6 Å². The predicted molar refractivity (Wildman–Crippen MR) is 140 cm³/mol. The quantitative estimate of drug-likeness (QED) is 0.231. The molecule has 0 aliphatic rings. The Hall–Kier alpha value is -5.11. The number of para-hydroxylation sites is 3. The normalized spacial score (nSPS) is 10.6. The molecular formula is C29H24N4O4. The summed E-state index contributed by atoms with van der Waals surface area (Å²) in [5.41, 5.74) is 2.85. The first kappa shape index (κ1) is 23.6. The summed E-state index contributed by atoms with van der Waals surface area (Å²) >= 11 is 0. The summed E-state index contributed by atoms with van der Waals surface area (Å²) in [7, 11) is 1.82. The smallest absolute Gasteiger partial charge is 0.418 e. The van der Waals surface area contributed by atoms with Crippen molar-refractivity contribution in [1.82, 2.24) is 14.3 Å². The number of esters is 1. The molecule has 37 heavy (non-hydrogen) atoms. The van der Waals surface area contributed by atoms with Gasteiger partial charge >= 0.3 is 12.1 Å². The van der Waals surface area contributed by atoms with Crippen molar-refractivity contribution < 1.29 is 19.1 Å². The predicted octanol–water partition coefficient (Wildman–Crippen LogP) is 6.02. The highest BCUT2D eigenvalue weighted by Crippen LogP contribution is 2.33. The first-order valence-corrected chi connectivity index (χ1v) is 11.6. The third-order valence-electron chi connectivity index (χ3n) is 5.68. The molecule has 1 amide bonds. The van der Waals surface area contributed by atoms with E-state index in [1.54, 1.807) is 70.2 Å². The molecule has 0 atom stereocenters. The van der Waals surface area contributed by atoms with E-state index in [0.29, 0.717) is 39.7 Å². The lowest BCUT2D eigenvalue weighted by Gasteiger charge is -2.10. The Morgan fingerprint density at radius 1 is 0.784 bits per heavy atom. The molecule has 0 aliphatic heterocycles. The van der Waals surface area contributed by atoms with E-state index in [4.69, 9.17) is 14.6 Å². The fraction of sp³-hybridized carbons (Fsp3) is 0.0690. The molecule has 1 N–H and O–H groups in total. The molecule has 0 unspecified atom stereocenters. The summed E-state index contributed by atoms with van der Waals surface area (Å²) in [5, 5.41) is 7.63. The number of carbonyl (C=O) groups excluding carboxylic acids is 2. The number of rotatable bonds is 6. The standard InChI is InChI=1S/C29H24N4O4/c1-20-26(24-18-32(2)19-25(24)28(34)36-22-14-8-4-9-15-22)31-33(21-12-6-3-7-13-21)27(20)30-29(35)37-23-16-10-5-11-17-23/h3-19H,1-2H3,(H,30,35). The zero-order valence-corrected chi connectivity index (χ0v) is 20.3. The minimum atomic E-state index is -0.658. The lowest BCUT2D eigenvalue weighted by atomic mass is 10.1. The van der Waals surface area contributed by atoms with E-state index in [0.717, 1.165) is 5.69 Å². The molecule has 0 radical (unpaired) electrons. The molecule has 0 saturated heterocycles. The zero-order valence-electron chi connectivity index (χ0n) is 20.3. The maximum absolute atomic E-state index is 13.1. The number of aryl methyl sites for hydroxylation is 1. The van der Waals surface area contributed by atoms with E-state index in [9.17, 15) is 9.59 Å². The Kier molecular flexibility index (Phi) is 6.54. The van der Waals surface area contributed by atoms with Gasteiger partial charge in [-0.15, -0.1) is 0 Å². The molecule has 5 rings (SSSR count). The Morgan fingerprint density at radius 3 is 1.97 bits per heavy atom. The summed E-state index contributed by atoms with van der Waals surface area (Å²) in [4.78, 5) is 25.9.